The van der Waals surface area contributed by atoms with Crippen LogP contribution in [0.3, 0.4) is 0 Å². The second-order valence-corrected chi connectivity index (χ2v) is 7.22. The number of nitrogens with zero attached hydrogens (tertiary/aromatic N) is 2. The van der Waals surface area contributed by atoms with Gasteiger partial charge >= 0.3 is 5.97 Å². The average molecular weight is 420 g/mol. The Kier molecular flexibility index (Phi) is 6.81. The zero-order chi connectivity index (χ0) is 22.4. The van der Waals surface area contributed by atoms with Gasteiger partial charge in [0.05, 0.1) is 24.2 Å². The van der Waals surface area contributed by atoms with Gasteiger partial charge in [0.25, 0.3) is 5.91 Å². The summed E-state index contributed by atoms with van der Waals surface area (Å²) in [5.41, 5.74) is 2.91. The van der Waals surface area contributed by atoms with E-state index in [1.54, 1.807) is 42.2 Å². The number of aryl methyl sites for hydroxylation is 2. The van der Waals surface area contributed by atoms with Gasteiger partial charge in [0.15, 0.2) is 0 Å². The van der Waals surface area contributed by atoms with Gasteiger partial charge in [-0.05, 0) is 36.8 Å². The summed E-state index contributed by atoms with van der Waals surface area (Å²) in [6.07, 6.45) is 3.08. The molecule has 0 aliphatic carbocycles. The predicted molar refractivity (Wildman–Crippen MR) is 116 cm³/mol. The largest absolute Gasteiger partial charge is 0.426 e. The van der Waals surface area contributed by atoms with Crippen LogP contribution in [0.15, 0.2) is 60.9 Å². The van der Waals surface area contributed by atoms with E-state index >= 15 is 0 Å². The van der Waals surface area contributed by atoms with Crippen LogP contribution in [0.1, 0.15) is 40.9 Å². The normalized spacial score (nSPS) is 11.5. The van der Waals surface area contributed by atoms with E-state index in [1.165, 1.54) is 13.1 Å². The lowest BCUT2D eigenvalue weighted by Crippen LogP contribution is -2.29. The van der Waals surface area contributed by atoms with Gasteiger partial charge in [-0.2, -0.15) is 5.10 Å². The molecule has 0 fully saturated rings. The van der Waals surface area contributed by atoms with Crippen molar-refractivity contribution in [2.24, 2.45) is 7.05 Å². The monoisotopic (exact) mass is 420 g/mol. The summed E-state index contributed by atoms with van der Waals surface area (Å²) in [6, 6.07) is 13.6. The van der Waals surface area contributed by atoms with Gasteiger partial charge in [-0.3, -0.25) is 19.1 Å². The van der Waals surface area contributed by atoms with Crippen molar-refractivity contribution in [1.82, 2.24) is 15.1 Å². The summed E-state index contributed by atoms with van der Waals surface area (Å²) in [4.78, 5) is 36.2. The molecule has 0 saturated carbocycles. The van der Waals surface area contributed by atoms with Crippen molar-refractivity contribution in [2.75, 3.05) is 5.32 Å². The molecule has 3 aromatic rings. The predicted octanol–water partition coefficient (Wildman–Crippen LogP) is 3.15. The highest BCUT2D eigenvalue weighted by atomic mass is 16.5. The molecule has 0 aliphatic rings. The van der Waals surface area contributed by atoms with E-state index < -0.39 is 12.0 Å². The number of anilines is 1. The number of rotatable bonds is 7. The first-order chi connectivity index (χ1) is 14.8. The first-order valence-electron chi connectivity index (χ1n) is 9.74. The molecule has 0 aliphatic heterocycles. The summed E-state index contributed by atoms with van der Waals surface area (Å²) in [6.45, 7) is 3.37. The van der Waals surface area contributed by atoms with Crippen molar-refractivity contribution in [3.8, 4) is 5.75 Å². The van der Waals surface area contributed by atoms with Crippen LogP contribution < -0.4 is 15.4 Å². The van der Waals surface area contributed by atoms with Crippen molar-refractivity contribution in [2.45, 2.75) is 26.3 Å². The molecule has 0 spiro atoms. The molecular formula is C23H24N4O4. The highest BCUT2D eigenvalue weighted by Crippen LogP contribution is 2.21. The number of carbonyl (C=O) groups is 3. The van der Waals surface area contributed by atoms with E-state index in [9.17, 15) is 14.4 Å². The molecule has 1 aromatic heterocycles. The van der Waals surface area contributed by atoms with Crippen LogP contribution in [-0.2, 0) is 16.6 Å². The fourth-order valence-electron chi connectivity index (χ4n) is 2.98. The Morgan fingerprint density at radius 2 is 1.74 bits per heavy atom. The summed E-state index contributed by atoms with van der Waals surface area (Å²) in [5, 5.41) is 9.50. The minimum absolute atomic E-state index is 0.0118. The van der Waals surface area contributed by atoms with Crippen LogP contribution in [0.4, 0.5) is 5.69 Å². The summed E-state index contributed by atoms with van der Waals surface area (Å²) >= 11 is 0. The molecule has 2 amide bonds. The molecule has 8 nitrogen and oxygen atoms in total. The standard InChI is InChI=1S/C23H24N4O4/c1-15-4-6-17(7-5-15)21(25-16(2)28)12-22(29)31-20-10-8-19(9-11-20)26-23(30)18-13-24-27(3)14-18/h4-11,13-14,21H,12H2,1-3H3,(H,25,28)(H,26,30). The van der Waals surface area contributed by atoms with Crippen LogP contribution in [0, 0.1) is 6.92 Å². The number of carbonyl (C=O) groups excluding carboxylic acids is 3. The summed E-state index contributed by atoms with van der Waals surface area (Å²) in [7, 11) is 1.73. The fourth-order valence-corrected chi connectivity index (χ4v) is 2.98. The maximum atomic E-state index is 12.4. The molecule has 1 unspecified atom stereocenters. The van der Waals surface area contributed by atoms with Gasteiger partial charge < -0.3 is 15.4 Å². The second-order valence-electron chi connectivity index (χ2n) is 7.22. The molecule has 8 heteroatoms. The molecule has 3 rings (SSSR count). The summed E-state index contributed by atoms with van der Waals surface area (Å²) in [5.74, 6) is -0.650. The number of hydrogen-bond acceptors (Lipinski definition) is 5. The topological polar surface area (TPSA) is 102 Å². The fraction of sp³-hybridized carbons (Fsp3) is 0.217. The number of esters is 1. The van der Waals surface area contributed by atoms with Crippen LogP contribution in [0.25, 0.3) is 0 Å². The van der Waals surface area contributed by atoms with Crippen LogP contribution in [0.2, 0.25) is 0 Å². The van der Waals surface area contributed by atoms with Gasteiger partial charge in [0, 0.05) is 25.9 Å². The molecular weight excluding hydrogens is 396 g/mol. The zero-order valence-electron chi connectivity index (χ0n) is 17.6. The van der Waals surface area contributed by atoms with Gasteiger partial charge in [0.2, 0.25) is 5.91 Å². The maximum Gasteiger partial charge on any atom is 0.313 e. The number of aromatic nitrogens is 2. The molecule has 0 radical (unpaired) electrons. The number of ether oxygens (including phenoxy) is 1. The number of amides is 2. The Hall–Kier alpha value is -3.94. The van der Waals surface area contributed by atoms with Crippen LogP contribution >= 0.6 is 0 Å². The smallest absolute Gasteiger partial charge is 0.313 e. The van der Waals surface area contributed by atoms with Gasteiger partial charge in [-0.25, -0.2) is 0 Å². The first kappa shape index (κ1) is 21.8. The minimum atomic E-state index is -0.483. The molecule has 0 saturated heterocycles. The first-order valence-corrected chi connectivity index (χ1v) is 9.74. The molecule has 160 valence electrons. The minimum Gasteiger partial charge on any atom is -0.426 e. The van der Waals surface area contributed by atoms with E-state index in [0.29, 0.717) is 17.0 Å². The van der Waals surface area contributed by atoms with Crippen LogP contribution in [0.5, 0.6) is 5.75 Å². The molecule has 2 N–H and O–H groups in total. The molecule has 1 atom stereocenters. The van der Waals surface area contributed by atoms with E-state index in [1.807, 2.05) is 31.2 Å². The van der Waals surface area contributed by atoms with E-state index in [0.717, 1.165) is 11.1 Å². The Morgan fingerprint density at radius 3 is 2.32 bits per heavy atom. The third-order valence-electron chi connectivity index (χ3n) is 4.54. The SMILES string of the molecule is CC(=O)NC(CC(=O)Oc1ccc(NC(=O)c2cnn(C)c2)cc1)c1ccc(C)cc1. The third kappa shape index (κ3) is 6.27. The Bertz CT molecular complexity index is 1070. The zero-order valence-corrected chi connectivity index (χ0v) is 17.6. The van der Waals surface area contributed by atoms with Crippen molar-refractivity contribution in [3.05, 3.63) is 77.6 Å². The highest BCUT2D eigenvalue weighted by molar-refractivity contribution is 6.03. The number of nitrogens with one attached hydrogen (secondary N) is 2. The third-order valence-corrected chi connectivity index (χ3v) is 4.54. The van der Waals surface area contributed by atoms with Crippen LogP contribution in [-0.4, -0.2) is 27.6 Å². The van der Waals surface area contributed by atoms with E-state index in [-0.39, 0.29) is 18.2 Å². The Morgan fingerprint density at radius 1 is 1.06 bits per heavy atom. The Labute approximate surface area is 180 Å². The molecule has 1 heterocycles. The van der Waals surface area contributed by atoms with E-state index in [2.05, 4.69) is 15.7 Å². The quantitative estimate of drug-likeness (QED) is 0.452. The van der Waals surface area contributed by atoms with Gasteiger partial charge in [0.1, 0.15) is 5.75 Å². The number of benzene rings is 2. The highest BCUT2D eigenvalue weighted by Gasteiger charge is 2.19. The lowest BCUT2D eigenvalue weighted by Gasteiger charge is -2.18. The Balaban J connectivity index is 1.60. The van der Waals surface area contributed by atoms with Crippen molar-refractivity contribution < 1.29 is 19.1 Å². The van der Waals surface area contributed by atoms with Gasteiger partial charge in [-0.15, -0.1) is 0 Å². The molecule has 2 aromatic carbocycles. The lowest BCUT2D eigenvalue weighted by molar-refractivity contribution is -0.135. The molecule has 31 heavy (non-hydrogen) atoms. The van der Waals surface area contributed by atoms with Crippen molar-refractivity contribution >= 4 is 23.5 Å². The lowest BCUT2D eigenvalue weighted by atomic mass is 10.0. The van der Waals surface area contributed by atoms with Gasteiger partial charge in [-0.1, -0.05) is 29.8 Å². The van der Waals surface area contributed by atoms with E-state index in [4.69, 9.17) is 4.74 Å². The maximum absolute atomic E-state index is 12.4. The second kappa shape index (κ2) is 9.71. The van der Waals surface area contributed by atoms with Crippen molar-refractivity contribution in [3.63, 3.8) is 0 Å². The number of hydrogen-bond donors (Lipinski definition) is 2. The summed E-state index contributed by atoms with van der Waals surface area (Å²) < 4.78 is 6.95. The average Bonchev–Trinajstić information content (AvgIpc) is 3.16. The molecule has 0 bridgehead atoms. The van der Waals surface area contributed by atoms with Crippen molar-refractivity contribution in [1.29, 1.82) is 0 Å².